The molecule has 21 heavy (non-hydrogen) atoms. The Kier molecular flexibility index (Phi) is 2.99. The van der Waals surface area contributed by atoms with Gasteiger partial charge in [0.2, 0.25) is 5.95 Å². The number of benzene rings is 2. The fraction of sp³-hybridized carbons (Fsp3) is 0.125. The van der Waals surface area contributed by atoms with Crippen LogP contribution in [-0.4, -0.2) is 16.7 Å². The number of rotatable bonds is 2. The van der Waals surface area contributed by atoms with Crippen LogP contribution in [0.4, 0.5) is 5.95 Å². The number of nitrogen functional groups attached to an aromatic ring is 1. The van der Waals surface area contributed by atoms with Crippen LogP contribution in [0.15, 0.2) is 36.4 Å². The van der Waals surface area contributed by atoms with Crippen molar-refractivity contribution >= 4 is 17.0 Å². The molecule has 0 amide bonds. The van der Waals surface area contributed by atoms with Crippen molar-refractivity contribution in [1.82, 2.24) is 9.55 Å². The quantitative estimate of drug-likeness (QED) is 0.782. The fourth-order valence-corrected chi connectivity index (χ4v) is 2.48. The van der Waals surface area contributed by atoms with Crippen LogP contribution >= 0.6 is 0 Å². The van der Waals surface area contributed by atoms with Crippen LogP contribution in [0.25, 0.3) is 16.7 Å². The zero-order valence-electron chi connectivity index (χ0n) is 11.8. The molecule has 1 aromatic heterocycles. The first kappa shape index (κ1) is 13.0. The molecular formula is C16H14N4O. The zero-order valence-corrected chi connectivity index (χ0v) is 11.8. The van der Waals surface area contributed by atoms with Crippen LogP contribution in [0.3, 0.4) is 0 Å². The number of methoxy groups -OCH3 is 1. The molecule has 104 valence electrons. The van der Waals surface area contributed by atoms with E-state index in [4.69, 9.17) is 15.7 Å². The first-order chi connectivity index (χ1) is 10.2. The van der Waals surface area contributed by atoms with E-state index in [-0.39, 0.29) is 0 Å². The van der Waals surface area contributed by atoms with Gasteiger partial charge in [-0.3, -0.25) is 4.57 Å². The van der Waals surface area contributed by atoms with Gasteiger partial charge >= 0.3 is 0 Å². The second-order valence-electron chi connectivity index (χ2n) is 4.74. The summed E-state index contributed by atoms with van der Waals surface area (Å²) in [6, 6.07) is 13.4. The Morgan fingerprint density at radius 1 is 1.29 bits per heavy atom. The van der Waals surface area contributed by atoms with Crippen LogP contribution in [0.5, 0.6) is 5.75 Å². The second-order valence-corrected chi connectivity index (χ2v) is 4.74. The van der Waals surface area contributed by atoms with Crippen LogP contribution in [0, 0.1) is 18.3 Å². The summed E-state index contributed by atoms with van der Waals surface area (Å²) in [6.07, 6.45) is 0. The fourth-order valence-electron chi connectivity index (χ4n) is 2.48. The average Bonchev–Trinajstić information content (AvgIpc) is 2.82. The lowest BCUT2D eigenvalue weighted by molar-refractivity contribution is 0.411. The van der Waals surface area contributed by atoms with Crippen molar-refractivity contribution in [2.45, 2.75) is 6.92 Å². The van der Waals surface area contributed by atoms with Gasteiger partial charge in [0, 0.05) is 5.69 Å². The number of aromatic nitrogens is 2. The number of anilines is 1. The van der Waals surface area contributed by atoms with Gasteiger partial charge in [-0.1, -0.05) is 6.07 Å². The molecule has 0 radical (unpaired) electrons. The molecule has 0 atom stereocenters. The van der Waals surface area contributed by atoms with Crippen molar-refractivity contribution in [3.63, 3.8) is 0 Å². The van der Waals surface area contributed by atoms with Gasteiger partial charge in [0.05, 0.1) is 18.2 Å². The maximum atomic E-state index is 9.16. The first-order valence-corrected chi connectivity index (χ1v) is 6.47. The molecule has 5 heteroatoms. The van der Waals surface area contributed by atoms with E-state index in [0.717, 1.165) is 22.5 Å². The van der Waals surface area contributed by atoms with Crippen molar-refractivity contribution < 1.29 is 4.74 Å². The standard InChI is InChI=1S/C16H14N4O/c1-10-8-12(6-7-14(10)21-2)20-13-5-3-4-11(9-17)15(13)19-16(20)18/h3-8H,1-2H3,(H2,18,19). The number of hydrogen-bond acceptors (Lipinski definition) is 4. The van der Waals surface area contributed by atoms with Gasteiger partial charge in [-0.25, -0.2) is 4.98 Å². The minimum Gasteiger partial charge on any atom is -0.496 e. The summed E-state index contributed by atoms with van der Waals surface area (Å²) < 4.78 is 7.11. The Bertz CT molecular complexity index is 874. The Labute approximate surface area is 122 Å². The SMILES string of the molecule is COc1ccc(-n2c(N)nc3c(C#N)cccc32)cc1C. The third kappa shape index (κ3) is 1.98. The number of ether oxygens (including phenoxy) is 1. The van der Waals surface area contributed by atoms with E-state index in [1.807, 2.05) is 41.8 Å². The number of para-hydroxylation sites is 1. The molecule has 0 spiro atoms. The molecule has 0 unspecified atom stereocenters. The maximum absolute atomic E-state index is 9.16. The lowest BCUT2D eigenvalue weighted by Crippen LogP contribution is -2.01. The molecule has 0 fully saturated rings. The van der Waals surface area contributed by atoms with Gasteiger partial charge in [0.15, 0.2) is 0 Å². The second kappa shape index (κ2) is 4.84. The number of hydrogen-bond donors (Lipinski definition) is 1. The van der Waals surface area contributed by atoms with Gasteiger partial charge in [-0.15, -0.1) is 0 Å². The van der Waals surface area contributed by atoms with Crippen LogP contribution in [-0.2, 0) is 0 Å². The Morgan fingerprint density at radius 3 is 2.76 bits per heavy atom. The molecule has 0 aliphatic carbocycles. The van der Waals surface area contributed by atoms with Crippen molar-refractivity contribution in [3.8, 4) is 17.5 Å². The predicted octanol–water partition coefficient (Wildman–Crippen LogP) is 2.80. The number of fused-ring (bicyclic) bond motifs is 1. The van der Waals surface area contributed by atoms with Crippen LogP contribution in [0.2, 0.25) is 0 Å². The normalized spacial score (nSPS) is 10.5. The lowest BCUT2D eigenvalue weighted by atomic mass is 10.1. The molecule has 3 aromatic rings. The Balaban J connectivity index is 2.28. The highest BCUT2D eigenvalue weighted by molar-refractivity contribution is 5.85. The van der Waals surface area contributed by atoms with E-state index < -0.39 is 0 Å². The Morgan fingerprint density at radius 2 is 2.10 bits per heavy atom. The van der Waals surface area contributed by atoms with Crippen molar-refractivity contribution in [3.05, 3.63) is 47.5 Å². The number of nitrogens with two attached hydrogens (primary N) is 1. The predicted molar refractivity (Wildman–Crippen MR) is 81.5 cm³/mol. The molecule has 2 aromatic carbocycles. The summed E-state index contributed by atoms with van der Waals surface area (Å²) >= 11 is 0. The Hall–Kier alpha value is -3.00. The van der Waals surface area contributed by atoms with Gasteiger partial charge in [-0.2, -0.15) is 5.26 Å². The summed E-state index contributed by atoms with van der Waals surface area (Å²) in [6.45, 7) is 1.97. The molecule has 3 rings (SSSR count). The van der Waals surface area contributed by atoms with E-state index in [1.165, 1.54) is 0 Å². The largest absolute Gasteiger partial charge is 0.496 e. The first-order valence-electron chi connectivity index (χ1n) is 6.47. The topological polar surface area (TPSA) is 76.9 Å². The molecule has 0 aliphatic heterocycles. The van der Waals surface area contributed by atoms with E-state index in [2.05, 4.69) is 11.1 Å². The summed E-state index contributed by atoms with van der Waals surface area (Å²) in [4.78, 5) is 4.32. The molecule has 1 heterocycles. The molecule has 0 saturated carbocycles. The zero-order chi connectivity index (χ0) is 15.0. The van der Waals surface area contributed by atoms with Crippen molar-refractivity contribution in [2.75, 3.05) is 12.8 Å². The smallest absolute Gasteiger partial charge is 0.205 e. The maximum Gasteiger partial charge on any atom is 0.205 e. The summed E-state index contributed by atoms with van der Waals surface area (Å²) in [5.74, 6) is 1.18. The van der Waals surface area contributed by atoms with Gasteiger partial charge < -0.3 is 10.5 Å². The number of nitrogens with zero attached hydrogens (tertiary/aromatic N) is 3. The van der Waals surface area contributed by atoms with Gasteiger partial charge in [0.1, 0.15) is 17.3 Å². The van der Waals surface area contributed by atoms with E-state index >= 15 is 0 Å². The van der Waals surface area contributed by atoms with Crippen molar-refractivity contribution in [2.24, 2.45) is 0 Å². The molecule has 5 nitrogen and oxygen atoms in total. The van der Waals surface area contributed by atoms with Crippen LogP contribution < -0.4 is 10.5 Å². The highest BCUT2D eigenvalue weighted by Gasteiger charge is 2.13. The number of aryl methyl sites for hydroxylation is 1. The van der Waals surface area contributed by atoms with Gasteiger partial charge in [-0.05, 0) is 42.8 Å². The molecular weight excluding hydrogens is 264 g/mol. The third-order valence-corrected chi connectivity index (χ3v) is 3.47. The third-order valence-electron chi connectivity index (χ3n) is 3.47. The average molecular weight is 278 g/mol. The molecule has 0 aliphatic rings. The van der Waals surface area contributed by atoms with Gasteiger partial charge in [0.25, 0.3) is 0 Å². The van der Waals surface area contributed by atoms with Crippen molar-refractivity contribution in [1.29, 1.82) is 5.26 Å². The highest BCUT2D eigenvalue weighted by Crippen LogP contribution is 2.28. The minimum absolute atomic E-state index is 0.359. The minimum atomic E-state index is 0.359. The summed E-state index contributed by atoms with van der Waals surface area (Å²) in [5.41, 5.74) is 9.89. The number of nitriles is 1. The van der Waals surface area contributed by atoms with E-state index in [0.29, 0.717) is 17.0 Å². The molecule has 2 N–H and O–H groups in total. The van der Waals surface area contributed by atoms with E-state index in [9.17, 15) is 0 Å². The highest BCUT2D eigenvalue weighted by atomic mass is 16.5. The summed E-state index contributed by atoms with van der Waals surface area (Å²) in [7, 11) is 1.64. The van der Waals surface area contributed by atoms with Crippen LogP contribution in [0.1, 0.15) is 11.1 Å². The number of imidazole rings is 1. The molecule has 0 saturated heterocycles. The summed E-state index contributed by atoms with van der Waals surface area (Å²) in [5, 5.41) is 9.16. The lowest BCUT2D eigenvalue weighted by Gasteiger charge is -2.10. The van der Waals surface area contributed by atoms with E-state index in [1.54, 1.807) is 13.2 Å². The molecule has 0 bridgehead atoms. The monoisotopic (exact) mass is 278 g/mol.